The largest absolute Gasteiger partial charge is 0.0622 e. The molecular weight excluding hydrogens is 276 g/mol. The summed E-state index contributed by atoms with van der Waals surface area (Å²) in [4.78, 5) is 0. The van der Waals surface area contributed by atoms with Gasteiger partial charge in [0.15, 0.2) is 0 Å². The molecule has 0 aromatic carbocycles. The van der Waals surface area contributed by atoms with E-state index in [0.717, 1.165) is 47.3 Å². The van der Waals surface area contributed by atoms with E-state index in [-0.39, 0.29) is 0 Å². The highest BCUT2D eigenvalue weighted by Gasteiger charge is 2.47. The van der Waals surface area contributed by atoms with Crippen LogP contribution in [0.2, 0.25) is 0 Å². The van der Waals surface area contributed by atoms with Crippen LogP contribution in [-0.2, 0) is 0 Å². The minimum atomic E-state index is 1.02. The summed E-state index contributed by atoms with van der Waals surface area (Å²) in [7, 11) is 0. The lowest BCUT2D eigenvalue weighted by atomic mass is 9.55. The number of fused-ring (bicyclic) bond motifs is 1. The van der Waals surface area contributed by atoms with Gasteiger partial charge in [0.25, 0.3) is 0 Å². The van der Waals surface area contributed by atoms with Gasteiger partial charge in [-0.25, -0.2) is 0 Å². The third kappa shape index (κ3) is 3.25. The second kappa shape index (κ2) is 7.09. The molecule has 0 radical (unpaired) electrons. The SMILES string of the molecule is CC1CCC(C)C1C1CC2CCCCC2CC1C1CCCCC1. The molecule has 0 aliphatic heterocycles. The van der Waals surface area contributed by atoms with Crippen molar-refractivity contribution in [1.29, 1.82) is 0 Å². The Labute approximate surface area is 145 Å². The Morgan fingerprint density at radius 1 is 0.478 bits per heavy atom. The van der Waals surface area contributed by atoms with Crippen molar-refractivity contribution in [2.45, 2.75) is 97.3 Å². The first-order chi connectivity index (χ1) is 11.2. The molecule has 23 heavy (non-hydrogen) atoms. The lowest BCUT2D eigenvalue weighted by molar-refractivity contribution is -0.0105. The van der Waals surface area contributed by atoms with Crippen LogP contribution in [0.25, 0.3) is 0 Å². The fraction of sp³-hybridized carbons (Fsp3) is 1.00. The van der Waals surface area contributed by atoms with Gasteiger partial charge in [-0.05, 0) is 60.2 Å². The lowest BCUT2D eigenvalue weighted by Crippen LogP contribution is -2.42. The van der Waals surface area contributed by atoms with Crippen LogP contribution in [-0.4, -0.2) is 0 Å². The zero-order valence-electron chi connectivity index (χ0n) is 15.8. The first-order valence-electron chi connectivity index (χ1n) is 11.2. The summed E-state index contributed by atoms with van der Waals surface area (Å²) in [5.74, 6) is 8.67. The van der Waals surface area contributed by atoms with E-state index in [1.54, 1.807) is 44.9 Å². The fourth-order valence-electron chi connectivity index (χ4n) is 7.82. The van der Waals surface area contributed by atoms with Crippen LogP contribution in [0, 0.1) is 47.3 Å². The topological polar surface area (TPSA) is 0 Å². The quantitative estimate of drug-likeness (QED) is 0.510. The molecule has 0 nitrogen and oxygen atoms in total. The molecule has 4 aliphatic rings. The van der Waals surface area contributed by atoms with Crippen LogP contribution >= 0.6 is 0 Å². The highest BCUT2D eigenvalue weighted by Crippen LogP contribution is 2.56. The first-order valence-corrected chi connectivity index (χ1v) is 11.2. The molecule has 0 spiro atoms. The molecule has 4 rings (SSSR count). The highest BCUT2D eigenvalue weighted by molar-refractivity contribution is 4.97. The van der Waals surface area contributed by atoms with Crippen molar-refractivity contribution in [2.75, 3.05) is 0 Å². The van der Waals surface area contributed by atoms with E-state index in [0.29, 0.717) is 0 Å². The van der Waals surface area contributed by atoms with Gasteiger partial charge < -0.3 is 0 Å². The minimum absolute atomic E-state index is 1.02. The van der Waals surface area contributed by atoms with Crippen LogP contribution in [0.1, 0.15) is 97.3 Å². The molecule has 0 heteroatoms. The van der Waals surface area contributed by atoms with Crippen molar-refractivity contribution in [3.8, 4) is 0 Å². The van der Waals surface area contributed by atoms with E-state index in [9.17, 15) is 0 Å². The summed E-state index contributed by atoms with van der Waals surface area (Å²) < 4.78 is 0. The monoisotopic (exact) mass is 316 g/mol. The Morgan fingerprint density at radius 3 is 1.57 bits per heavy atom. The second-order valence-corrected chi connectivity index (χ2v) is 10.1. The molecule has 0 aromatic rings. The minimum Gasteiger partial charge on any atom is -0.0622 e. The van der Waals surface area contributed by atoms with Crippen LogP contribution in [0.3, 0.4) is 0 Å². The average molecular weight is 317 g/mol. The normalized spacial score (nSPS) is 49.0. The molecule has 6 unspecified atom stereocenters. The second-order valence-electron chi connectivity index (χ2n) is 10.1. The van der Waals surface area contributed by atoms with Crippen LogP contribution in [0.5, 0.6) is 0 Å². The molecule has 0 amide bonds. The first kappa shape index (κ1) is 16.5. The number of hydrogen-bond donors (Lipinski definition) is 0. The number of rotatable bonds is 2. The van der Waals surface area contributed by atoms with Crippen LogP contribution in [0.15, 0.2) is 0 Å². The summed E-state index contributed by atoms with van der Waals surface area (Å²) in [6.45, 7) is 5.19. The predicted octanol–water partition coefficient (Wildman–Crippen LogP) is 7.08. The summed E-state index contributed by atoms with van der Waals surface area (Å²) in [6.07, 6.45) is 20.3. The highest BCUT2D eigenvalue weighted by atomic mass is 14.5. The van der Waals surface area contributed by atoms with Gasteiger partial charge in [-0.15, -0.1) is 0 Å². The van der Waals surface area contributed by atoms with E-state index in [1.807, 2.05) is 0 Å². The van der Waals surface area contributed by atoms with Gasteiger partial charge in [-0.2, -0.15) is 0 Å². The van der Waals surface area contributed by atoms with Gasteiger partial charge in [0.1, 0.15) is 0 Å². The molecule has 0 saturated heterocycles. The van der Waals surface area contributed by atoms with Crippen LogP contribution < -0.4 is 0 Å². The molecule has 0 heterocycles. The Bertz CT molecular complexity index is 369. The van der Waals surface area contributed by atoms with Crippen molar-refractivity contribution in [2.24, 2.45) is 47.3 Å². The summed E-state index contributed by atoms with van der Waals surface area (Å²) in [6, 6.07) is 0. The molecule has 4 aliphatic carbocycles. The summed E-state index contributed by atoms with van der Waals surface area (Å²) in [5, 5.41) is 0. The Balaban J connectivity index is 1.56. The molecule has 4 saturated carbocycles. The Hall–Kier alpha value is 0. The van der Waals surface area contributed by atoms with Crippen LogP contribution in [0.4, 0.5) is 0 Å². The molecule has 4 fully saturated rings. The average Bonchev–Trinajstić information content (AvgIpc) is 2.93. The van der Waals surface area contributed by atoms with Crippen molar-refractivity contribution in [3.05, 3.63) is 0 Å². The predicted molar refractivity (Wildman–Crippen MR) is 99.3 cm³/mol. The van der Waals surface area contributed by atoms with E-state index in [2.05, 4.69) is 13.8 Å². The fourth-order valence-corrected chi connectivity index (χ4v) is 7.82. The zero-order chi connectivity index (χ0) is 15.8. The van der Waals surface area contributed by atoms with Crippen molar-refractivity contribution in [1.82, 2.24) is 0 Å². The van der Waals surface area contributed by atoms with Gasteiger partial charge >= 0.3 is 0 Å². The van der Waals surface area contributed by atoms with Gasteiger partial charge in [0.05, 0.1) is 0 Å². The lowest BCUT2D eigenvalue weighted by Gasteiger charge is -2.51. The maximum absolute atomic E-state index is 2.60. The van der Waals surface area contributed by atoms with Crippen molar-refractivity contribution in [3.63, 3.8) is 0 Å². The third-order valence-electron chi connectivity index (χ3n) is 8.91. The maximum Gasteiger partial charge on any atom is -0.0331 e. The third-order valence-corrected chi connectivity index (χ3v) is 8.91. The molecule has 0 bridgehead atoms. The van der Waals surface area contributed by atoms with Gasteiger partial charge in [-0.1, -0.05) is 84.5 Å². The van der Waals surface area contributed by atoms with Gasteiger partial charge in [0, 0.05) is 0 Å². The maximum atomic E-state index is 2.60. The standard InChI is InChI=1S/C23H40/c1-16-12-13-17(2)23(16)22-15-20-11-7-6-10-19(20)14-21(22)18-8-4-3-5-9-18/h16-23H,3-15H2,1-2H3. The molecule has 6 atom stereocenters. The van der Waals surface area contributed by atoms with E-state index in [1.165, 1.54) is 38.5 Å². The van der Waals surface area contributed by atoms with E-state index < -0.39 is 0 Å². The number of hydrogen-bond acceptors (Lipinski definition) is 0. The molecule has 132 valence electrons. The summed E-state index contributed by atoms with van der Waals surface area (Å²) >= 11 is 0. The Kier molecular flexibility index (Phi) is 5.07. The Morgan fingerprint density at radius 2 is 0.957 bits per heavy atom. The summed E-state index contributed by atoms with van der Waals surface area (Å²) in [5.41, 5.74) is 0. The smallest absolute Gasteiger partial charge is 0.0331 e. The zero-order valence-corrected chi connectivity index (χ0v) is 15.8. The van der Waals surface area contributed by atoms with Gasteiger partial charge in [-0.3, -0.25) is 0 Å². The van der Waals surface area contributed by atoms with Crippen molar-refractivity contribution >= 4 is 0 Å². The molecule has 0 N–H and O–H groups in total. The van der Waals surface area contributed by atoms with Gasteiger partial charge in [0.2, 0.25) is 0 Å². The van der Waals surface area contributed by atoms with E-state index in [4.69, 9.17) is 0 Å². The molecule has 0 aromatic heterocycles. The van der Waals surface area contributed by atoms with E-state index >= 15 is 0 Å². The van der Waals surface area contributed by atoms with Crippen molar-refractivity contribution < 1.29 is 0 Å². The molecular formula is C23H40.